The van der Waals surface area contributed by atoms with E-state index >= 15 is 0 Å². The number of nitrogens with zero attached hydrogens (tertiary/aromatic N) is 1. The third kappa shape index (κ3) is 2.21. The molecule has 1 fully saturated rings. The van der Waals surface area contributed by atoms with Gasteiger partial charge in [-0.15, -0.1) is 0 Å². The topological polar surface area (TPSA) is 38.4 Å². The van der Waals surface area contributed by atoms with Gasteiger partial charge in [-0.2, -0.15) is 0 Å². The molecule has 0 aliphatic heterocycles. The van der Waals surface area contributed by atoms with Crippen molar-refractivity contribution in [1.82, 2.24) is 0 Å². The predicted molar refractivity (Wildman–Crippen MR) is 48.7 cm³/mol. The summed E-state index contributed by atoms with van der Waals surface area (Å²) < 4.78 is 0. The molecular weight excluding hydrogens is 136 g/mol. The molecule has 2 heteroatoms. The highest BCUT2D eigenvalue weighted by atomic mass is 14.9. The summed E-state index contributed by atoms with van der Waals surface area (Å²) >= 11 is 0. The predicted octanol–water partition coefficient (Wildman–Crippen LogP) is 1.94. The smallest absolute Gasteiger partial charge is 0.0941 e. The fourth-order valence-electron chi connectivity index (χ4n) is 1.33. The summed E-state index contributed by atoms with van der Waals surface area (Å²) in [6, 6.07) is 0. The second kappa shape index (κ2) is 2.84. The van der Waals surface area contributed by atoms with Crippen LogP contribution in [0, 0.1) is 5.92 Å². The lowest BCUT2D eigenvalue weighted by atomic mass is 10.00. The van der Waals surface area contributed by atoms with Crippen LogP contribution >= 0.6 is 0 Å². The lowest BCUT2D eigenvalue weighted by Crippen LogP contribution is -2.25. The van der Waals surface area contributed by atoms with Crippen LogP contribution in [0.1, 0.15) is 40.0 Å². The van der Waals surface area contributed by atoms with Gasteiger partial charge in [0.25, 0.3) is 0 Å². The molecule has 1 saturated carbocycles. The number of amidine groups is 1. The van der Waals surface area contributed by atoms with Gasteiger partial charge in [-0.05, 0) is 32.6 Å². The summed E-state index contributed by atoms with van der Waals surface area (Å²) in [4.78, 5) is 4.48. The van der Waals surface area contributed by atoms with Gasteiger partial charge in [0.2, 0.25) is 0 Å². The zero-order valence-corrected chi connectivity index (χ0v) is 7.72. The third-order valence-corrected chi connectivity index (χ3v) is 2.37. The van der Waals surface area contributed by atoms with E-state index in [0.717, 1.165) is 18.2 Å². The Morgan fingerprint density at radius 2 is 2.09 bits per heavy atom. The van der Waals surface area contributed by atoms with Gasteiger partial charge in [0.05, 0.1) is 11.4 Å². The van der Waals surface area contributed by atoms with Gasteiger partial charge in [-0.3, -0.25) is 4.99 Å². The Hall–Kier alpha value is -0.530. The molecule has 0 heterocycles. The van der Waals surface area contributed by atoms with Crippen molar-refractivity contribution in [3.05, 3.63) is 0 Å². The lowest BCUT2D eigenvalue weighted by Gasteiger charge is -2.19. The largest absolute Gasteiger partial charge is 0.387 e. The van der Waals surface area contributed by atoms with Crippen molar-refractivity contribution in [2.24, 2.45) is 16.6 Å². The molecule has 0 bridgehead atoms. The molecule has 0 atom stereocenters. The van der Waals surface area contributed by atoms with E-state index in [0.29, 0.717) is 0 Å². The van der Waals surface area contributed by atoms with Crippen LogP contribution in [-0.4, -0.2) is 11.4 Å². The Morgan fingerprint density at radius 3 is 2.45 bits per heavy atom. The normalized spacial score (nSPS) is 20.5. The molecule has 0 spiro atoms. The van der Waals surface area contributed by atoms with Crippen LogP contribution in [-0.2, 0) is 0 Å². The minimum absolute atomic E-state index is 0.0973. The maximum absolute atomic E-state index is 5.67. The first-order valence-electron chi connectivity index (χ1n) is 4.40. The summed E-state index contributed by atoms with van der Waals surface area (Å²) in [7, 11) is 0. The summed E-state index contributed by atoms with van der Waals surface area (Å²) in [6.07, 6.45) is 3.52. The number of rotatable bonds is 3. The zero-order valence-electron chi connectivity index (χ0n) is 7.72. The SMILES string of the molecule is CCC(N)=NC(C)(C)C1CC1. The number of hydrogen-bond donors (Lipinski definition) is 1. The molecule has 11 heavy (non-hydrogen) atoms. The second-order valence-electron chi connectivity index (χ2n) is 3.88. The van der Waals surface area contributed by atoms with E-state index in [9.17, 15) is 0 Å². The average molecular weight is 154 g/mol. The Morgan fingerprint density at radius 1 is 1.55 bits per heavy atom. The Bertz CT molecular complexity index is 166. The molecule has 1 rings (SSSR count). The third-order valence-electron chi connectivity index (χ3n) is 2.37. The van der Waals surface area contributed by atoms with Crippen molar-refractivity contribution in [2.75, 3.05) is 0 Å². The summed E-state index contributed by atoms with van der Waals surface area (Å²) in [5, 5.41) is 0. The van der Waals surface area contributed by atoms with E-state index in [4.69, 9.17) is 5.73 Å². The van der Waals surface area contributed by atoms with Crippen molar-refractivity contribution in [3.8, 4) is 0 Å². The molecule has 0 saturated heterocycles. The van der Waals surface area contributed by atoms with E-state index in [2.05, 4.69) is 18.8 Å². The molecule has 2 N–H and O–H groups in total. The molecule has 0 aromatic carbocycles. The summed E-state index contributed by atoms with van der Waals surface area (Å²) in [5.41, 5.74) is 5.77. The quantitative estimate of drug-likeness (QED) is 0.489. The molecule has 0 unspecified atom stereocenters. The molecule has 64 valence electrons. The fourth-order valence-corrected chi connectivity index (χ4v) is 1.33. The van der Waals surface area contributed by atoms with Crippen LogP contribution in [0.4, 0.5) is 0 Å². The molecule has 1 aliphatic rings. The van der Waals surface area contributed by atoms with E-state index < -0.39 is 0 Å². The minimum atomic E-state index is 0.0973. The molecule has 2 nitrogen and oxygen atoms in total. The standard InChI is InChI=1S/C9H18N2/c1-4-8(10)11-9(2,3)7-5-6-7/h7H,4-6H2,1-3H3,(H2,10,11). The van der Waals surface area contributed by atoms with Crippen molar-refractivity contribution >= 4 is 5.84 Å². The van der Waals surface area contributed by atoms with Crippen molar-refractivity contribution < 1.29 is 0 Å². The van der Waals surface area contributed by atoms with Gasteiger partial charge in [0, 0.05) is 6.42 Å². The maximum Gasteiger partial charge on any atom is 0.0941 e. The minimum Gasteiger partial charge on any atom is -0.387 e. The van der Waals surface area contributed by atoms with Gasteiger partial charge >= 0.3 is 0 Å². The highest BCUT2D eigenvalue weighted by molar-refractivity contribution is 5.80. The Balaban J connectivity index is 2.56. The number of hydrogen-bond acceptors (Lipinski definition) is 1. The average Bonchev–Trinajstić information content (AvgIpc) is 2.66. The van der Waals surface area contributed by atoms with Gasteiger partial charge < -0.3 is 5.73 Å². The van der Waals surface area contributed by atoms with Crippen molar-refractivity contribution in [3.63, 3.8) is 0 Å². The van der Waals surface area contributed by atoms with Gasteiger partial charge in [-0.1, -0.05) is 6.92 Å². The van der Waals surface area contributed by atoms with Crippen LogP contribution in [0.2, 0.25) is 0 Å². The zero-order chi connectivity index (χ0) is 8.48. The van der Waals surface area contributed by atoms with Gasteiger partial charge in [0.15, 0.2) is 0 Å². The highest BCUT2D eigenvalue weighted by Crippen LogP contribution is 2.41. The van der Waals surface area contributed by atoms with Gasteiger partial charge in [-0.25, -0.2) is 0 Å². The summed E-state index contributed by atoms with van der Waals surface area (Å²) in [6.45, 7) is 6.39. The molecule has 1 aliphatic carbocycles. The van der Waals surface area contributed by atoms with E-state index in [1.807, 2.05) is 6.92 Å². The maximum atomic E-state index is 5.67. The lowest BCUT2D eigenvalue weighted by molar-refractivity contribution is 0.454. The summed E-state index contributed by atoms with van der Waals surface area (Å²) in [5.74, 6) is 1.58. The molecule has 0 amide bonds. The van der Waals surface area contributed by atoms with Crippen molar-refractivity contribution in [1.29, 1.82) is 0 Å². The second-order valence-corrected chi connectivity index (χ2v) is 3.88. The van der Waals surface area contributed by atoms with Crippen LogP contribution in [0.3, 0.4) is 0 Å². The molecule has 0 aromatic heterocycles. The van der Waals surface area contributed by atoms with Crippen LogP contribution in [0.15, 0.2) is 4.99 Å². The number of aliphatic imine (C=N–C) groups is 1. The molecular formula is C9H18N2. The highest BCUT2D eigenvalue weighted by Gasteiger charge is 2.37. The molecule has 0 aromatic rings. The number of nitrogens with two attached hydrogens (primary N) is 1. The Kier molecular flexibility index (Phi) is 2.21. The van der Waals surface area contributed by atoms with Gasteiger partial charge in [0.1, 0.15) is 0 Å². The van der Waals surface area contributed by atoms with Crippen molar-refractivity contribution in [2.45, 2.75) is 45.6 Å². The van der Waals surface area contributed by atoms with E-state index in [1.54, 1.807) is 0 Å². The molecule has 0 radical (unpaired) electrons. The van der Waals surface area contributed by atoms with Crippen LogP contribution in [0.25, 0.3) is 0 Å². The monoisotopic (exact) mass is 154 g/mol. The van der Waals surface area contributed by atoms with Crippen LogP contribution in [0.5, 0.6) is 0 Å². The first-order chi connectivity index (χ1) is 5.06. The van der Waals surface area contributed by atoms with E-state index in [1.165, 1.54) is 12.8 Å². The van der Waals surface area contributed by atoms with Crippen LogP contribution < -0.4 is 5.73 Å². The Labute approximate surface area is 68.9 Å². The first kappa shape index (κ1) is 8.57. The van der Waals surface area contributed by atoms with E-state index in [-0.39, 0.29) is 5.54 Å². The fraction of sp³-hybridized carbons (Fsp3) is 0.889. The first-order valence-corrected chi connectivity index (χ1v) is 4.40.